The van der Waals surface area contributed by atoms with Gasteiger partial charge in [0, 0.05) is 33.8 Å². The summed E-state index contributed by atoms with van der Waals surface area (Å²) in [5.41, 5.74) is 0.980. The normalized spacial score (nSPS) is 13.5. The van der Waals surface area contributed by atoms with E-state index in [0.717, 1.165) is 29.3 Å². The number of ether oxygens (including phenoxy) is 1. The Morgan fingerprint density at radius 1 is 1.20 bits per heavy atom. The molecule has 0 saturated heterocycles. The zero-order valence-corrected chi connectivity index (χ0v) is 18.1. The van der Waals surface area contributed by atoms with E-state index in [0.29, 0.717) is 22.2 Å². The van der Waals surface area contributed by atoms with Gasteiger partial charge in [-0.3, -0.25) is 9.71 Å². The molecule has 1 N–H and O–H groups in total. The van der Waals surface area contributed by atoms with Gasteiger partial charge in [0.1, 0.15) is 11.4 Å². The molecule has 30 heavy (non-hydrogen) atoms. The van der Waals surface area contributed by atoms with Gasteiger partial charge >= 0.3 is 6.18 Å². The van der Waals surface area contributed by atoms with Gasteiger partial charge < -0.3 is 4.74 Å². The second-order valence-corrected chi connectivity index (χ2v) is 9.79. The Morgan fingerprint density at radius 3 is 2.47 bits per heavy atom. The highest BCUT2D eigenvalue weighted by Gasteiger charge is 2.32. The molecule has 0 bridgehead atoms. The first-order valence-electron chi connectivity index (χ1n) is 8.93. The molecule has 0 amide bonds. The van der Waals surface area contributed by atoms with Crippen LogP contribution < -0.4 is 9.46 Å². The van der Waals surface area contributed by atoms with Crippen molar-refractivity contribution in [3.05, 3.63) is 59.2 Å². The predicted molar refractivity (Wildman–Crippen MR) is 115 cm³/mol. The van der Waals surface area contributed by atoms with Gasteiger partial charge in [0.05, 0.1) is 22.0 Å². The number of rotatable bonds is 6. The molecule has 1 atom stereocenters. The summed E-state index contributed by atoms with van der Waals surface area (Å²) < 4.78 is 59.6. The third kappa shape index (κ3) is 5.11. The number of halogens is 3. The summed E-state index contributed by atoms with van der Waals surface area (Å²) in [6.07, 6.45) is -1.95. The van der Waals surface area contributed by atoms with E-state index in [1.54, 1.807) is 6.92 Å². The number of hydrogen-bond acceptors (Lipinski definition) is 5. The zero-order valence-electron chi connectivity index (χ0n) is 16.5. The van der Waals surface area contributed by atoms with Gasteiger partial charge in [-0.05, 0) is 44.2 Å². The molecule has 3 rings (SSSR count). The molecular weight excluding hydrogens is 435 g/mol. The van der Waals surface area contributed by atoms with E-state index in [9.17, 15) is 17.4 Å². The molecule has 5 nitrogen and oxygen atoms in total. The van der Waals surface area contributed by atoms with Crippen molar-refractivity contribution < 1.29 is 22.1 Å². The Labute approximate surface area is 177 Å². The number of alkyl halides is 3. The maximum absolute atomic E-state index is 13.2. The number of hydrogen-bond donors (Lipinski definition) is 1. The number of aromatic nitrogens is 2. The Bertz CT molecular complexity index is 1130. The number of benzene rings is 1. The van der Waals surface area contributed by atoms with Gasteiger partial charge in [-0.25, -0.2) is 9.19 Å². The second kappa shape index (κ2) is 8.65. The minimum absolute atomic E-state index is 0.367. The number of thiazole rings is 1. The van der Waals surface area contributed by atoms with E-state index >= 15 is 0 Å². The van der Waals surface area contributed by atoms with Crippen LogP contribution in [-0.4, -0.2) is 31.9 Å². The predicted octanol–water partition coefficient (Wildman–Crippen LogP) is 5.10. The lowest BCUT2D eigenvalue weighted by atomic mass is 10.2. The van der Waals surface area contributed by atoms with Gasteiger partial charge in [0.15, 0.2) is 5.13 Å². The van der Waals surface area contributed by atoms with Crippen LogP contribution >= 0.6 is 11.3 Å². The molecule has 0 radical (unpaired) electrons. The van der Waals surface area contributed by atoms with Gasteiger partial charge in [-0.2, -0.15) is 13.2 Å². The molecule has 0 aliphatic rings. The van der Waals surface area contributed by atoms with Gasteiger partial charge in [0.25, 0.3) is 0 Å². The number of nitrogens with one attached hydrogen (secondary N) is 1. The van der Waals surface area contributed by atoms with Crippen molar-refractivity contribution in [2.24, 2.45) is 0 Å². The van der Waals surface area contributed by atoms with Crippen LogP contribution in [0.5, 0.6) is 5.75 Å². The minimum Gasteiger partial charge on any atom is -0.494 e. The van der Waals surface area contributed by atoms with Gasteiger partial charge in [-0.15, -0.1) is 11.3 Å². The molecule has 2 aromatic heterocycles. The monoisotopic (exact) mass is 455 g/mol. The largest absolute Gasteiger partial charge is 0.494 e. The average Bonchev–Trinajstić information content (AvgIpc) is 3.15. The van der Waals surface area contributed by atoms with Gasteiger partial charge in [0.2, 0.25) is 0 Å². The molecule has 0 aliphatic heterocycles. The highest BCUT2D eigenvalue weighted by molar-refractivity contribution is 8.03. The summed E-state index contributed by atoms with van der Waals surface area (Å²) >= 11 is 1.29. The molecule has 10 heteroatoms. The fourth-order valence-electron chi connectivity index (χ4n) is 2.58. The molecule has 3 aromatic rings. The smallest absolute Gasteiger partial charge is 0.433 e. The van der Waals surface area contributed by atoms with Crippen LogP contribution in [0.4, 0.5) is 18.3 Å². The number of pyridine rings is 1. The lowest BCUT2D eigenvalue weighted by Crippen LogP contribution is -2.20. The maximum atomic E-state index is 13.2. The van der Waals surface area contributed by atoms with Crippen molar-refractivity contribution in [3.8, 4) is 17.0 Å². The van der Waals surface area contributed by atoms with Crippen molar-refractivity contribution in [2.45, 2.75) is 20.0 Å². The molecule has 0 saturated carbocycles. The zero-order chi connectivity index (χ0) is 21.9. The molecular formula is C20H20F3N3O2S2. The quantitative estimate of drug-likeness (QED) is 0.415. The van der Waals surface area contributed by atoms with E-state index in [1.807, 2.05) is 36.6 Å². The van der Waals surface area contributed by atoms with Crippen LogP contribution in [0.1, 0.15) is 25.1 Å². The summed E-state index contributed by atoms with van der Waals surface area (Å²) in [6, 6.07) is 9.62. The first kappa shape index (κ1) is 22.1. The Hall–Kier alpha value is -2.59. The standard InChI is InChI=1S/C20H20F3N3O2S2/c1-4-28-16-8-5-14(6-9-16)17-12-29-19(25-17)26-30(3,27)13(2)15-7-10-18(24-11-15)20(21,22)23/h5-12H,4H2,1-3H3,(H,25,26,27). The minimum atomic E-state index is -4.52. The third-order valence-corrected chi connectivity index (χ3v) is 7.17. The molecule has 160 valence electrons. The summed E-state index contributed by atoms with van der Waals surface area (Å²) in [5, 5.41) is 2.29. The summed E-state index contributed by atoms with van der Waals surface area (Å²) in [5.74, 6) is 0.766. The Balaban J connectivity index is 1.82. The average molecular weight is 456 g/mol. The first-order valence-corrected chi connectivity index (χ1v) is 11.8. The van der Waals surface area contributed by atoms with Crippen LogP contribution in [0, 0.1) is 0 Å². The highest BCUT2D eigenvalue weighted by Crippen LogP contribution is 2.28. The number of anilines is 1. The van der Waals surface area contributed by atoms with Crippen LogP contribution in [-0.2, 0) is 15.9 Å². The van der Waals surface area contributed by atoms with Crippen molar-refractivity contribution in [1.82, 2.24) is 9.97 Å². The van der Waals surface area contributed by atoms with Crippen LogP contribution in [0.3, 0.4) is 0 Å². The van der Waals surface area contributed by atoms with E-state index in [4.69, 9.17) is 4.74 Å². The van der Waals surface area contributed by atoms with Crippen LogP contribution in [0.2, 0.25) is 0 Å². The molecule has 0 aliphatic carbocycles. The summed E-state index contributed by atoms with van der Waals surface area (Å²) in [4.78, 5) is 8.30. The van der Waals surface area contributed by atoms with E-state index in [-0.39, 0.29) is 0 Å². The van der Waals surface area contributed by atoms with Crippen molar-refractivity contribution in [1.29, 1.82) is 0 Å². The lowest BCUT2D eigenvalue weighted by molar-refractivity contribution is -0.141. The van der Waals surface area contributed by atoms with Crippen molar-refractivity contribution in [3.63, 3.8) is 0 Å². The van der Waals surface area contributed by atoms with Crippen molar-refractivity contribution >= 4 is 31.0 Å². The van der Waals surface area contributed by atoms with Crippen LogP contribution in [0.15, 0.2) is 48.0 Å². The van der Waals surface area contributed by atoms with Gasteiger partial charge in [-0.1, -0.05) is 6.07 Å². The highest BCUT2D eigenvalue weighted by atomic mass is 32.2. The topological polar surface area (TPSA) is 64.1 Å². The van der Waals surface area contributed by atoms with E-state index < -0.39 is 21.6 Å². The fraction of sp³-hybridized carbons (Fsp3) is 0.250. The lowest BCUT2D eigenvalue weighted by Gasteiger charge is -2.12. The van der Waals surface area contributed by atoms with Crippen molar-refractivity contribution in [2.75, 3.05) is 17.6 Å². The fourth-order valence-corrected chi connectivity index (χ4v) is 4.91. The summed E-state index contributed by atoms with van der Waals surface area (Å²) in [7, 11) is -2.77. The van der Waals surface area contributed by atoms with E-state index in [1.165, 1.54) is 23.7 Å². The third-order valence-electron chi connectivity index (χ3n) is 4.29. The number of nitrogens with zero attached hydrogens (tertiary/aromatic N) is 2. The second-order valence-electron chi connectivity index (χ2n) is 6.43. The molecule has 0 fully saturated rings. The maximum Gasteiger partial charge on any atom is 0.433 e. The first-order chi connectivity index (χ1) is 14.1. The Morgan fingerprint density at radius 2 is 1.90 bits per heavy atom. The van der Waals surface area contributed by atoms with Crippen LogP contribution in [0.25, 0.3) is 11.3 Å². The van der Waals surface area contributed by atoms with E-state index in [2.05, 4.69) is 14.7 Å². The molecule has 0 spiro atoms. The summed E-state index contributed by atoms with van der Waals surface area (Å²) in [6.45, 7) is 4.09. The SMILES string of the molecule is CCOc1ccc(-c2csc(NS(C)(=O)=C(C)c3ccc(C(F)(F)F)nc3)n2)cc1. The Kier molecular flexibility index (Phi) is 6.37. The molecule has 1 aromatic carbocycles. The molecule has 1 unspecified atom stereocenters. The molecule has 2 heterocycles.